The number of nitrogens with zero attached hydrogens (tertiary/aromatic N) is 2. The van der Waals surface area contributed by atoms with E-state index in [-0.39, 0.29) is 5.91 Å². The van der Waals surface area contributed by atoms with E-state index in [0.717, 1.165) is 75.3 Å². The number of carbonyl (C=O) groups excluding carboxylic acids is 1. The van der Waals surface area contributed by atoms with E-state index < -0.39 is 0 Å². The van der Waals surface area contributed by atoms with Crippen LogP contribution in [0.2, 0.25) is 0 Å². The van der Waals surface area contributed by atoms with Crippen LogP contribution < -0.4 is 9.47 Å². The molecule has 2 aromatic rings. The van der Waals surface area contributed by atoms with Crippen molar-refractivity contribution in [3.8, 4) is 11.5 Å². The molecule has 2 aromatic carbocycles. The van der Waals surface area contributed by atoms with Crippen molar-refractivity contribution in [3.63, 3.8) is 0 Å². The van der Waals surface area contributed by atoms with Crippen LogP contribution in [0.4, 0.5) is 0 Å². The van der Waals surface area contributed by atoms with Gasteiger partial charge in [0.1, 0.15) is 11.5 Å². The molecule has 152 valence electrons. The average molecular weight is 392 g/mol. The fraction of sp³-hybridized carbons (Fsp3) is 0.458. The van der Waals surface area contributed by atoms with Crippen LogP contribution in [0.25, 0.3) is 0 Å². The smallest absolute Gasteiger partial charge is 0.253 e. The number of carbonyl (C=O) groups is 1. The lowest BCUT2D eigenvalue weighted by Crippen LogP contribution is -2.48. The summed E-state index contributed by atoms with van der Waals surface area (Å²) < 4.78 is 11.4. The van der Waals surface area contributed by atoms with Gasteiger partial charge in [0.05, 0.1) is 13.2 Å². The van der Waals surface area contributed by atoms with Crippen molar-refractivity contribution in [1.29, 1.82) is 0 Å². The number of ether oxygens (including phenoxy) is 2. The quantitative estimate of drug-likeness (QED) is 0.756. The van der Waals surface area contributed by atoms with Gasteiger partial charge in [-0.1, -0.05) is 12.1 Å². The summed E-state index contributed by atoms with van der Waals surface area (Å²) in [5.74, 6) is 2.75. The van der Waals surface area contributed by atoms with Gasteiger partial charge in [-0.05, 0) is 60.2 Å². The van der Waals surface area contributed by atoms with Gasteiger partial charge in [-0.15, -0.1) is 0 Å². The van der Waals surface area contributed by atoms with Crippen molar-refractivity contribution in [2.45, 2.75) is 25.8 Å². The third-order valence-electron chi connectivity index (χ3n) is 6.10. The van der Waals surface area contributed by atoms with Crippen LogP contribution in [0, 0.1) is 5.92 Å². The standard InChI is InChI=1S/C24H28N2O3/c27-24(20-4-6-22(7-5-20)29-17-18-1-2-18)26-12-10-25(11-13-26)16-19-3-8-23-21(15-19)9-14-28-23/h3-8,15,18H,1-2,9-14,16-17H2. The summed E-state index contributed by atoms with van der Waals surface area (Å²) in [7, 11) is 0. The second-order valence-corrected chi connectivity index (χ2v) is 8.39. The largest absolute Gasteiger partial charge is 0.493 e. The van der Waals surface area contributed by atoms with E-state index in [2.05, 4.69) is 23.1 Å². The van der Waals surface area contributed by atoms with Gasteiger partial charge in [0.25, 0.3) is 5.91 Å². The molecule has 0 aromatic heterocycles. The maximum Gasteiger partial charge on any atom is 0.253 e. The van der Waals surface area contributed by atoms with Gasteiger partial charge in [-0.3, -0.25) is 9.69 Å². The molecule has 5 heteroatoms. The number of fused-ring (bicyclic) bond motifs is 1. The lowest BCUT2D eigenvalue weighted by molar-refractivity contribution is 0.0628. The Kier molecular flexibility index (Phi) is 5.15. The summed E-state index contributed by atoms with van der Waals surface area (Å²) in [6.45, 7) is 5.88. The number of amides is 1. The van der Waals surface area contributed by atoms with Crippen LogP contribution in [-0.4, -0.2) is 55.1 Å². The van der Waals surface area contributed by atoms with Crippen LogP contribution in [0.5, 0.6) is 11.5 Å². The minimum absolute atomic E-state index is 0.119. The monoisotopic (exact) mass is 392 g/mol. The molecule has 0 spiro atoms. The van der Waals surface area contributed by atoms with Gasteiger partial charge in [-0.25, -0.2) is 0 Å². The van der Waals surface area contributed by atoms with Crippen LogP contribution >= 0.6 is 0 Å². The number of rotatable bonds is 6. The molecule has 2 aliphatic heterocycles. The van der Waals surface area contributed by atoms with Crippen LogP contribution in [0.3, 0.4) is 0 Å². The molecule has 1 amide bonds. The van der Waals surface area contributed by atoms with Gasteiger partial charge < -0.3 is 14.4 Å². The Labute approximate surface area is 172 Å². The summed E-state index contributed by atoms with van der Waals surface area (Å²) in [4.78, 5) is 17.2. The van der Waals surface area contributed by atoms with Crippen LogP contribution in [-0.2, 0) is 13.0 Å². The summed E-state index contributed by atoms with van der Waals surface area (Å²) in [6, 6.07) is 14.1. The van der Waals surface area contributed by atoms with Crippen molar-refractivity contribution in [1.82, 2.24) is 9.80 Å². The van der Waals surface area contributed by atoms with Crippen molar-refractivity contribution in [2.24, 2.45) is 5.92 Å². The summed E-state index contributed by atoms with van der Waals surface area (Å²) in [6.07, 6.45) is 3.57. The Hall–Kier alpha value is -2.53. The molecule has 5 rings (SSSR count). The van der Waals surface area contributed by atoms with Gasteiger partial charge in [0.15, 0.2) is 0 Å². The lowest BCUT2D eigenvalue weighted by Gasteiger charge is -2.34. The minimum atomic E-state index is 0.119. The molecule has 0 atom stereocenters. The maximum absolute atomic E-state index is 12.8. The molecule has 3 aliphatic rings. The zero-order chi connectivity index (χ0) is 19.6. The Morgan fingerprint density at radius 3 is 2.59 bits per heavy atom. The van der Waals surface area contributed by atoms with E-state index in [1.54, 1.807) is 0 Å². The normalized spacial score (nSPS) is 19.0. The first kappa shape index (κ1) is 18.5. The van der Waals surface area contributed by atoms with E-state index in [9.17, 15) is 4.79 Å². The van der Waals surface area contributed by atoms with E-state index >= 15 is 0 Å². The first-order valence-electron chi connectivity index (χ1n) is 10.7. The fourth-order valence-corrected chi connectivity index (χ4v) is 4.08. The van der Waals surface area contributed by atoms with Gasteiger partial charge in [0.2, 0.25) is 0 Å². The molecule has 0 bridgehead atoms. The molecular weight excluding hydrogens is 364 g/mol. The molecule has 1 saturated carbocycles. The van der Waals surface area contributed by atoms with Gasteiger partial charge in [-0.2, -0.15) is 0 Å². The third kappa shape index (κ3) is 4.40. The second kappa shape index (κ2) is 8.07. The third-order valence-corrected chi connectivity index (χ3v) is 6.10. The van der Waals surface area contributed by atoms with Gasteiger partial charge >= 0.3 is 0 Å². The fourth-order valence-electron chi connectivity index (χ4n) is 4.08. The average Bonchev–Trinajstić information content (AvgIpc) is 3.48. The molecule has 0 N–H and O–H groups in total. The highest BCUT2D eigenvalue weighted by Crippen LogP contribution is 2.29. The van der Waals surface area contributed by atoms with Crippen molar-refractivity contribution >= 4 is 5.91 Å². The molecule has 2 fully saturated rings. The minimum Gasteiger partial charge on any atom is -0.493 e. The molecule has 0 unspecified atom stereocenters. The van der Waals surface area contributed by atoms with E-state index in [1.165, 1.54) is 24.0 Å². The number of hydrogen-bond donors (Lipinski definition) is 0. The Morgan fingerprint density at radius 2 is 1.83 bits per heavy atom. The first-order valence-corrected chi connectivity index (χ1v) is 10.7. The molecule has 1 aliphatic carbocycles. The summed E-state index contributed by atoms with van der Waals surface area (Å²) in [5.41, 5.74) is 3.40. The van der Waals surface area contributed by atoms with Crippen LogP contribution in [0.1, 0.15) is 34.3 Å². The van der Waals surface area contributed by atoms with Gasteiger partial charge in [0, 0.05) is 44.7 Å². The van der Waals surface area contributed by atoms with Crippen molar-refractivity contribution in [2.75, 3.05) is 39.4 Å². The highest BCUT2D eigenvalue weighted by molar-refractivity contribution is 5.94. The van der Waals surface area contributed by atoms with E-state index in [1.807, 2.05) is 29.2 Å². The van der Waals surface area contributed by atoms with E-state index in [4.69, 9.17) is 9.47 Å². The highest BCUT2D eigenvalue weighted by Gasteiger charge is 2.24. The number of hydrogen-bond acceptors (Lipinski definition) is 4. The Bertz CT molecular complexity index is 868. The zero-order valence-corrected chi connectivity index (χ0v) is 16.8. The molecule has 0 radical (unpaired) electrons. The second-order valence-electron chi connectivity index (χ2n) is 8.39. The Balaban J connectivity index is 1.12. The molecule has 5 nitrogen and oxygen atoms in total. The highest BCUT2D eigenvalue weighted by atomic mass is 16.5. The summed E-state index contributed by atoms with van der Waals surface area (Å²) >= 11 is 0. The van der Waals surface area contributed by atoms with E-state index in [0.29, 0.717) is 0 Å². The predicted molar refractivity (Wildman–Crippen MR) is 111 cm³/mol. The molecule has 29 heavy (non-hydrogen) atoms. The summed E-state index contributed by atoms with van der Waals surface area (Å²) in [5, 5.41) is 0. The first-order chi connectivity index (χ1) is 14.2. The van der Waals surface area contributed by atoms with Crippen molar-refractivity contribution in [3.05, 3.63) is 59.2 Å². The van der Waals surface area contributed by atoms with Crippen LogP contribution in [0.15, 0.2) is 42.5 Å². The maximum atomic E-state index is 12.8. The molecule has 1 saturated heterocycles. The molecule has 2 heterocycles. The molecular formula is C24H28N2O3. The SMILES string of the molecule is O=C(c1ccc(OCC2CC2)cc1)N1CCN(Cc2ccc3c(c2)CCO3)CC1. The zero-order valence-electron chi connectivity index (χ0n) is 16.8. The number of piperazine rings is 1. The Morgan fingerprint density at radius 1 is 1.03 bits per heavy atom. The number of benzene rings is 2. The predicted octanol–water partition coefficient (Wildman–Crippen LogP) is 3.37. The topological polar surface area (TPSA) is 42.0 Å². The van der Waals surface area contributed by atoms with Crippen molar-refractivity contribution < 1.29 is 14.3 Å². The lowest BCUT2D eigenvalue weighted by atomic mass is 10.1.